The minimum Gasteiger partial charge on any atom is -0.466 e. The SMILES string of the molecule is COC(=O)C1=C(C(=O)OC)C2(Cc3ccccc3)C=C(COC(=O)C3C(C=C(Cl)Cl)C3(C)C)C1O2. The number of hydrogen-bond donors (Lipinski definition) is 0. The van der Waals surface area contributed by atoms with E-state index in [-0.39, 0.29) is 40.0 Å². The second kappa shape index (κ2) is 9.45. The van der Waals surface area contributed by atoms with Gasteiger partial charge in [-0.05, 0) is 34.6 Å². The van der Waals surface area contributed by atoms with E-state index in [9.17, 15) is 14.4 Å². The van der Waals surface area contributed by atoms with Crippen LogP contribution in [0, 0.1) is 17.3 Å². The molecule has 1 aromatic rings. The molecule has 2 aliphatic heterocycles. The Kier molecular flexibility index (Phi) is 6.88. The Morgan fingerprint density at radius 3 is 2.31 bits per heavy atom. The molecular formula is C26H26Cl2O7. The summed E-state index contributed by atoms with van der Waals surface area (Å²) in [4.78, 5) is 38.4. The summed E-state index contributed by atoms with van der Waals surface area (Å²) in [6.45, 7) is 3.77. The van der Waals surface area contributed by atoms with Crippen molar-refractivity contribution in [2.75, 3.05) is 20.8 Å². The summed E-state index contributed by atoms with van der Waals surface area (Å²) in [7, 11) is 2.47. The van der Waals surface area contributed by atoms with Crippen molar-refractivity contribution in [2.24, 2.45) is 17.3 Å². The maximum atomic E-state index is 12.9. The van der Waals surface area contributed by atoms with Crippen molar-refractivity contribution >= 4 is 41.1 Å². The van der Waals surface area contributed by atoms with Crippen molar-refractivity contribution in [2.45, 2.75) is 32.0 Å². The van der Waals surface area contributed by atoms with Gasteiger partial charge in [0, 0.05) is 6.42 Å². The van der Waals surface area contributed by atoms with Gasteiger partial charge in [-0.1, -0.05) is 67.4 Å². The molecule has 0 N–H and O–H groups in total. The van der Waals surface area contributed by atoms with Crippen LogP contribution >= 0.6 is 23.2 Å². The van der Waals surface area contributed by atoms with Gasteiger partial charge < -0.3 is 18.9 Å². The summed E-state index contributed by atoms with van der Waals surface area (Å²) >= 11 is 11.6. The summed E-state index contributed by atoms with van der Waals surface area (Å²) < 4.78 is 22.0. The Morgan fingerprint density at radius 2 is 1.71 bits per heavy atom. The zero-order valence-electron chi connectivity index (χ0n) is 19.8. The van der Waals surface area contributed by atoms with Gasteiger partial charge >= 0.3 is 17.9 Å². The van der Waals surface area contributed by atoms with Gasteiger partial charge in [0.2, 0.25) is 0 Å². The predicted octanol–water partition coefficient (Wildman–Crippen LogP) is 4.08. The molecule has 2 heterocycles. The Labute approximate surface area is 213 Å². The molecule has 4 atom stereocenters. The van der Waals surface area contributed by atoms with Crippen LogP contribution in [-0.4, -0.2) is 50.4 Å². The van der Waals surface area contributed by atoms with Gasteiger partial charge in [-0.15, -0.1) is 0 Å². The second-order valence-electron chi connectivity index (χ2n) is 9.43. The molecule has 4 rings (SSSR count). The van der Waals surface area contributed by atoms with Gasteiger partial charge in [0.1, 0.15) is 22.8 Å². The maximum Gasteiger partial charge on any atom is 0.337 e. The molecule has 0 spiro atoms. The van der Waals surface area contributed by atoms with Crippen LogP contribution in [0.5, 0.6) is 0 Å². The highest BCUT2D eigenvalue weighted by molar-refractivity contribution is 6.55. The first kappa shape index (κ1) is 25.5. The number of allylic oxidation sites excluding steroid dienone is 1. The monoisotopic (exact) mass is 520 g/mol. The molecule has 2 bridgehead atoms. The second-order valence-corrected chi connectivity index (χ2v) is 10.4. The molecule has 35 heavy (non-hydrogen) atoms. The molecular weight excluding hydrogens is 495 g/mol. The number of carbonyl (C=O) groups excluding carboxylic acids is 3. The lowest BCUT2D eigenvalue weighted by molar-refractivity contribution is -0.145. The van der Waals surface area contributed by atoms with E-state index in [0.29, 0.717) is 5.57 Å². The molecule has 0 amide bonds. The van der Waals surface area contributed by atoms with Gasteiger partial charge in [0.25, 0.3) is 0 Å². The Hall–Kier alpha value is -2.61. The number of benzene rings is 1. The molecule has 1 saturated carbocycles. The summed E-state index contributed by atoms with van der Waals surface area (Å²) in [5.41, 5.74) is 0.0194. The van der Waals surface area contributed by atoms with E-state index in [0.717, 1.165) is 5.56 Å². The number of methoxy groups -OCH3 is 2. The van der Waals surface area contributed by atoms with E-state index < -0.39 is 35.5 Å². The molecule has 0 radical (unpaired) electrons. The van der Waals surface area contributed by atoms with Gasteiger partial charge in [0.15, 0.2) is 0 Å². The van der Waals surface area contributed by atoms with E-state index in [1.165, 1.54) is 14.2 Å². The number of fused-ring (bicyclic) bond motifs is 2. The van der Waals surface area contributed by atoms with E-state index >= 15 is 0 Å². The third-order valence-corrected chi connectivity index (χ3v) is 7.25. The normalized spacial score (nSPS) is 27.7. The largest absolute Gasteiger partial charge is 0.466 e. The van der Waals surface area contributed by atoms with Crippen LogP contribution < -0.4 is 0 Å². The molecule has 3 aliphatic rings. The number of ether oxygens (including phenoxy) is 4. The fourth-order valence-electron chi connectivity index (χ4n) is 5.15. The number of hydrogen-bond acceptors (Lipinski definition) is 7. The average molecular weight is 521 g/mol. The number of halogens is 2. The van der Waals surface area contributed by atoms with Gasteiger partial charge in [0.05, 0.1) is 31.3 Å². The van der Waals surface area contributed by atoms with Crippen molar-refractivity contribution in [3.8, 4) is 0 Å². The van der Waals surface area contributed by atoms with Crippen molar-refractivity contribution in [3.05, 3.63) is 69.3 Å². The highest BCUT2D eigenvalue weighted by atomic mass is 35.5. The van der Waals surface area contributed by atoms with Crippen LogP contribution in [0.4, 0.5) is 0 Å². The lowest BCUT2D eigenvalue weighted by atomic mass is 9.80. The summed E-state index contributed by atoms with van der Waals surface area (Å²) in [5, 5.41) is 0. The van der Waals surface area contributed by atoms with E-state index in [1.54, 1.807) is 12.2 Å². The number of rotatable bonds is 8. The molecule has 7 nitrogen and oxygen atoms in total. The summed E-state index contributed by atoms with van der Waals surface area (Å²) in [6.07, 6.45) is 2.78. The van der Waals surface area contributed by atoms with Crippen LogP contribution in [0.15, 0.2) is 63.7 Å². The Bertz CT molecular complexity index is 1150. The lowest BCUT2D eigenvalue weighted by Gasteiger charge is -2.26. The van der Waals surface area contributed by atoms with E-state index in [1.807, 2.05) is 44.2 Å². The maximum absolute atomic E-state index is 12.9. The van der Waals surface area contributed by atoms with Crippen molar-refractivity contribution in [1.82, 2.24) is 0 Å². The standard InChI is InChI=1S/C26H26Cl2O7/c1-25(2)16(10-17(27)28)19(25)24(31)34-13-15-12-26(11-14-8-6-5-7-9-14)20(23(30)33-4)18(21(15)35-26)22(29)32-3/h5-10,12,16,19,21H,11,13H2,1-4H3. The highest BCUT2D eigenvalue weighted by Gasteiger charge is 2.62. The lowest BCUT2D eigenvalue weighted by Crippen LogP contribution is -2.35. The molecule has 0 saturated heterocycles. The van der Waals surface area contributed by atoms with Crippen LogP contribution in [0.3, 0.4) is 0 Å². The van der Waals surface area contributed by atoms with E-state index in [4.69, 9.17) is 42.1 Å². The van der Waals surface area contributed by atoms with E-state index in [2.05, 4.69) is 0 Å². The van der Waals surface area contributed by atoms with Gasteiger partial charge in [-0.25, -0.2) is 9.59 Å². The third kappa shape index (κ3) is 4.53. The predicted molar refractivity (Wildman–Crippen MR) is 128 cm³/mol. The Morgan fingerprint density at radius 1 is 1.06 bits per heavy atom. The van der Waals surface area contributed by atoms with Crippen LogP contribution in [0.25, 0.3) is 0 Å². The molecule has 1 aliphatic carbocycles. The minimum absolute atomic E-state index is 0.0605. The Balaban J connectivity index is 1.62. The van der Waals surface area contributed by atoms with Crippen molar-refractivity contribution in [3.63, 3.8) is 0 Å². The fraction of sp³-hybridized carbons (Fsp3) is 0.423. The summed E-state index contributed by atoms with van der Waals surface area (Å²) in [6, 6.07) is 9.42. The molecule has 9 heteroatoms. The highest BCUT2D eigenvalue weighted by Crippen LogP contribution is 2.60. The van der Waals surface area contributed by atoms with Crippen LogP contribution in [0.2, 0.25) is 0 Å². The smallest absolute Gasteiger partial charge is 0.337 e. The van der Waals surface area contributed by atoms with Crippen molar-refractivity contribution in [1.29, 1.82) is 0 Å². The topological polar surface area (TPSA) is 88.1 Å². The first-order chi connectivity index (χ1) is 16.6. The van der Waals surface area contributed by atoms with Crippen molar-refractivity contribution < 1.29 is 33.3 Å². The van der Waals surface area contributed by atoms with Crippen LogP contribution in [0.1, 0.15) is 19.4 Å². The fourth-order valence-corrected chi connectivity index (χ4v) is 5.42. The average Bonchev–Trinajstić information content (AvgIpc) is 3.10. The first-order valence-electron chi connectivity index (χ1n) is 11.1. The number of esters is 3. The zero-order valence-corrected chi connectivity index (χ0v) is 21.3. The van der Waals surface area contributed by atoms with Gasteiger partial charge in [-0.2, -0.15) is 0 Å². The van der Waals surface area contributed by atoms with Gasteiger partial charge in [-0.3, -0.25) is 4.79 Å². The molecule has 1 fully saturated rings. The third-order valence-electron chi connectivity index (χ3n) is 6.99. The molecule has 4 unspecified atom stereocenters. The number of carbonyl (C=O) groups is 3. The zero-order chi connectivity index (χ0) is 25.5. The van der Waals surface area contributed by atoms with Crippen LogP contribution in [-0.2, 0) is 39.8 Å². The summed E-state index contributed by atoms with van der Waals surface area (Å²) in [5.74, 6) is -2.31. The first-order valence-corrected chi connectivity index (χ1v) is 11.9. The quantitative estimate of drug-likeness (QED) is 0.289. The minimum atomic E-state index is -1.25. The molecule has 0 aromatic heterocycles. The molecule has 186 valence electrons. The molecule has 1 aromatic carbocycles.